The largest absolute Gasteiger partial charge is 0.416 e. The van der Waals surface area contributed by atoms with E-state index in [0.29, 0.717) is 22.8 Å². The van der Waals surface area contributed by atoms with Crippen molar-refractivity contribution in [2.24, 2.45) is 0 Å². The molecule has 0 atom stereocenters. The number of nitrogens with zero attached hydrogens (tertiary/aromatic N) is 2. The Morgan fingerprint density at radius 2 is 1.83 bits per heavy atom. The van der Waals surface area contributed by atoms with Crippen molar-refractivity contribution in [1.82, 2.24) is 10.2 Å². The van der Waals surface area contributed by atoms with Crippen molar-refractivity contribution in [2.45, 2.75) is 53.9 Å². The molecule has 2 aromatic rings. The molecule has 5 nitrogen and oxygen atoms in total. The Hall–Kier alpha value is -1.41. The zero-order chi connectivity index (χ0) is 16.3. The topological polar surface area (TPSA) is 73.1 Å². The smallest absolute Gasteiger partial charge is 0.332 e. The molecule has 8 heteroatoms. The van der Waals surface area contributed by atoms with E-state index in [1.54, 1.807) is 12.1 Å². The highest BCUT2D eigenvalue weighted by Gasteiger charge is 2.21. The van der Waals surface area contributed by atoms with Crippen molar-refractivity contribution >= 4 is 22.0 Å². The number of halogens is 1. The van der Waals surface area contributed by atoms with Crippen molar-refractivity contribution in [3.63, 3.8) is 0 Å². The summed E-state index contributed by atoms with van der Waals surface area (Å²) in [6.45, 7) is 0. The summed E-state index contributed by atoms with van der Waals surface area (Å²) in [6.07, 6.45) is 5.90. The number of thioether (sulfide) groups is 1. The van der Waals surface area contributed by atoms with Crippen molar-refractivity contribution < 1.29 is 16.7 Å². The van der Waals surface area contributed by atoms with Crippen LogP contribution in [-0.4, -0.2) is 18.6 Å². The molecule has 1 saturated carbocycles. The molecule has 1 aromatic heterocycles. The minimum Gasteiger partial charge on any atom is -0.416 e. The highest BCUT2D eigenvalue weighted by molar-refractivity contribution is 7.98. The molecule has 1 aromatic carbocycles. The standard InChI is InChI=1S/C15H17FN2O3S2/c16-23(19,20)13-8-6-11(7-9-13)10-22-15-18-17-14(21-15)12-4-2-1-3-5-12/h6-9,12H,1-5,10H2. The molecule has 0 saturated heterocycles. The Balaban J connectivity index is 1.59. The minimum absolute atomic E-state index is 0.330. The third kappa shape index (κ3) is 4.32. The Labute approximate surface area is 138 Å². The first kappa shape index (κ1) is 16.4. The summed E-state index contributed by atoms with van der Waals surface area (Å²) in [5.41, 5.74) is 0.861. The molecule has 1 aliphatic rings. The van der Waals surface area contributed by atoms with Crippen LogP contribution >= 0.6 is 11.8 Å². The van der Waals surface area contributed by atoms with E-state index in [2.05, 4.69) is 10.2 Å². The summed E-state index contributed by atoms with van der Waals surface area (Å²) in [5.74, 6) is 1.64. The van der Waals surface area contributed by atoms with Crippen LogP contribution in [0.15, 0.2) is 38.8 Å². The summed E-state index contributed by atoms with van der Waals surface area (Å²) >= 11 is 1.39. The predicted octanol–water partition coefficient (Wildman–Crippen LogP) is 4.07. The monoisotopic (exact) mass is 356 g/mol. The average molecular weight is 356 g/mol. The lowest BCUT2D eigenvalue weighted by Crippen LogP contribution is -2.04. The van der Waals surface area contributed by atoms with Crippen molar-refractivity contribution in [2.75, 3.05) is 0 Å². The van der Waals surface area contributed by atoms with Gasteiger partial charge in [-0.3, -0.25) is 0 Å². The van der Waals surface area contributed by atoms with E-state index in [1.807, 2.05) is 0 Å². The first-order valence-electron chi connectivity index (χ1n) is 7.52. The van der Waals surface area contributed by atoms with E-state index in [4.69, 9.17) is 4.42 Å². The van der Waals surface area contributed by atoms with Gasteiger partial charge in [0.05, 0.1) is 4.90 Å². The molecule has 1 aliphatic carbocycles. The van der Waals surface area contributed by atoms with Crippen LogP contribution in [0.5, 0.6) is 0 Å². The average Bonchev–Trinajstić information content (AvgIpc) is 3.02. The van der Waals surface area contributed by atoms with Crippen LogP contribution in [0, 0.1) is 0 Å². The Bertz CT molecular complexity index is 753. The van der Waals surface area contributed by atoms with Crippen molar-refractivity contribution in [1.29, 1.82) is 0 Å². The highest BCUT2D eigenvalue weighted by atomic mass is 32.3. The molecule has 0 unspecified atom stereocenters. The Morgan fingerprint density at radius 3 is 2.48 bits per heavy atom. The fourth-order valence-electron chi connectivity index (χ4n) is 2.69. The summed E-state index contributed by atoms with van der Waals surface area (Å²) in [6, 6.07) is 5.68. The highest BCUT2D eigenvalue weighted by Crippen LogP contribution is 2.33. The van der Waals surface area contributed by atoms with E-state index >= 15 is 0 Å². The molecule has 0 aliphatic heterocycles. The predicted molar refractivity (Wildman–Crippen MR) is 84.4 cm³/mol. The lowest BCUT2D eigenvalue weighted by Gasteiger charge is -2.17. The van der Waals surface area contributed by atoms with E-state index < -0.39 is 10.2 Å². The third-order valence-corrected chi connectivity index (χ3v) is 5.67. The molecule has 1 heterocycles. The molecule has 1 fully saturated rings. The third-order valence-electron chi connectivity index (χ3n) is 3.94. The van der Waals surface area contributed by atoms with Crippen LogP contribution in [0.1, 0.15) is 49.5 Å². The van der Waals surface area contributed by atoms with Gasteiger partial charge in [0, 0.05) is 11.7 Å². The molecule has 23 heavy (non-hydrogen) atoms. The van der Waals surface area contributed by atoms with Crippen LogP contribution in [0.4, 0.5) is 3.89 Å². The second kappa shape index (κ2) is 7.00. The van der Waals surface area contributed by atoms with Gasteiger partial charge in [0.1, 0.15) is 0 Å². The zero-order valence-electron chi connectivity index (χ0n) is 12.4. The molecule has 3 rings (SSSR count). The van der Waals surface area contributed by atoms with E-state index in [9.17, 15) is 12.3 Å². The van der Waals surface area contributed by atoms with Gasteiger partial charge in [-0.15, -0.1) is 14.1 Å². The number of benzene rings is 1. The maximum absolute atomic E-state index is 12.8. The lowest BCUT2D eigenvalue weighted by atomic mass is 9.89. The Kier molecular flexibility index (Phi) is 5.01. The van der Waals surface area contributed by atoms with Gasteiger partial charge < -0.3 is 4.42 Å². The van der Waals surface area contributed by atoms with Crippen molar-refractivity contribution in [3.8, 4) is 0 Å². The van der Waals surface area contributed by atoms with E-state index in [0.717, 1.165) is 18.4 Å². The molecular formula is C15H17FN2O3S2. The second-order valence-corrected chi connectivity index (χ2v) is 7.89. The summed E-state index contributed by atoms with van der Waals surface area (Å²) in [5, 5.41) is 8.69. The SMILES string of the molecule is O=S(=O)(F)c1ccc(CSc2nnc(C3CCCCC3)o2)cc1. The van der Waals surface area contributed by atoms with Crippen molar-refractivity contribution in [3.05, 3.63) is 35.7 Å². The van der Waals surface area contributed by atoms with E-state index in [1.165, 1.54) is 43.2 Å². The molecule has 0 amide bonds. The molecule has 0 bridgehead atoms. The van der Waals surface area contributed by atoms with Gasteiger partial charge >= 0.3 is 10.2 Å². The second-order valence-electron chi connectivity index (χ2n) is 5.61. The number of hydrogen-bond donors (Lipinski definition) is 0. The Morgan fingerprint density at radius 1 is 1.13 bits per heavy atom. The number of hydrogen-bond acceptors (Lipinski definition) is 6. The van der Waals surface area contributed by atoms with Gasteiger partial charge in [0.15, 0.2) is 0 Å². The zero-order valence-corrected chi connectivity index (χ0v) is 14.1. The molecular weight excluding hydrogens is 339 g/mol. The van der Waals surface area contributed by atoms with Crippen LogP contribution in [0.25, 0.3) is 0 Å². The first-order valence-corrected chi connectivity index (χ1v) is 9.89. The number of rotatable bonds is 5. The van der Waals surface area contributed by atoms with Gasteiger partial charge in [-0.05, 0) is 30.5 Å². The van der Waals surface area contributed by atoms with Crippen LogP contribution in [0.3, 0.4) is 0 Å². The minimum atomic E-state index is -4.64. The van der Waals surface area contributed by atoms with Crippen LogP contribution in [-0.2, 0) is 16.0 Å². The molecule has 124 valence electrons. The molecule has 0 N–H and O–H groups in total. The summed E-state index contributed by atoms with van der Waals surface area (Å²) in [7, 11) is -4.64. The normalized spacial score (nSPS) is 16.6. The fraction of sp³-hybridized carbons (Fsp3) is 0.467. The van der Waals surface area contributed by atoms with Crippen LogP contribution in [0.2, 0.25) is 0 Å². The van der Waals surface area contributed by atoms with Gasteiger partial charge in [-0.2, -0.15) is 8.42 Å². The molecule has 0 spiro atoms. The van der Waals surface area contributed by atoms with Gasteiger partial charge in [0.2, 0.25) is 5.89 Å². The van der Waals surface area contributed by atoms with E-state index in [-0.39, 0.29) is 4.90 Å². The maximum Gasteiger partial charge on any atom is 0.332 e. The summed E-state index contributed by atoms with van der Waals surface area (Å²) in [4.78, 5) is -0.330. The molecule has 0 radical (unpaired) electrons. The summed E-state index contributed by atoms with van der Waals surface area (Å²) < 4.78 is 40.1. The maximum atomic E-state index is 12.8. The number of aromatic nitrogens is 2. The van der Waals surface area contributed by atoms with Gasteiger partial charge in [-0.1, -0.05) is 43.2 Å². The first-order chi connectivity index (χ1) is 11.0. The van der Waals surface area contributed by atoms with Crippen LogP contribution < -0.4 is 0 Å². The van der Waals surface area contributed by atoms with Gasteiger partial charge in [0.25, 0.3) is 5.22 Å². The van der Waals surface area contributed by atoms with Gasteiger partial charge in [-0.25, -0.2) is 0 Å². The lowest BCUT2D eigenvalue weighted by molar-refractivity contribution is 0.334. The fourth-order valence-corrected chi connectivity index (χ4v) is 3.87. The quantitative estimate of drug-likeness (QED) is 0.594.